The van der Waals surface area contributed by atoms with Crippen LogP contribution in [-0.2, 0) is 0 Å². The number of pyridine rings is 1. The van der Waals surface area contributed by atoms with E-state index in [9.17, 15) is 0 Å². The zero-order valence-electron chi connectivity index (χ0n) is 7.84. The van der Waals surface area contributed by atoms with E-state index < -0.39 is 0 Å². The molecule has 0 aliphatic carbocycles. The molecule has 0 amide bonds. The van der Waals surface area contributed by atoms with E-state index in [-0.39, 0.29) is 6.04 Å². The lowest BCUT2D eigenvalue weighted by molar-refractivity contribution is 0.808. The lowest BCUT2D eigenvalue weighted by Crippen LogP contribution is -2.03. The fourth-order valence-electron chi connectivity index (χ4n) is 1.14. The molecule has 0 aliphatic heterocycles. The van der Waals surface area contributed by atoms with Crippen LogP contribution in [0, 0.1) is 0 Å². The summed E-state index contributed by atoms with van der Waals surface area (Å²) in [5.74, 6) is 0. The predicted octanol–water partition coefficient (Wildman–Crippen LogP) is 2.22. The average molecular weight is 205 g/mol. The van der Waals surface area contributed by atoms with Crippen molar-refractivity contribution in [1.29, 1.82) is 0 Å². The van der Waals surface area contributed by atoms with Gasteiger partial charge in [-0.15, -0.1) is 11.3 Å². The van der Waals surface area contributed by atoms with Crippen LogP contribution >= 0.6 is 11.3 Å². The van der Waals surface area contributed by atoms with Crippen molar-refractivity contribution < 1.29 is 0 Å². The topological polar surface area (TPSA) is 51.8 Å². The molecule has 1 unspecified atom stereocenters. The molecule has 2 heterocycles. The lowest BCUT2D eigenvalue weighted by Gasteiger charge is -1.97. The summed E-state index contributed by atoms with van der Waals surface area (Å²) in [6.07, 6.45) is 3.56. The highest BCUT2D eigenvalue weighted by Gasteiger charge is 2.06. The molecule has 2 rings (SSSR count). The van der Waals surface area contributed by atoms with Gasteiger partial charge in [0, 0.05) is 23.3 Å². The number of aromatic nitrogens is 2. The van der Waals surface area contributed by atoms with Gasteiger partial charge in [0.15, 0.2) is 0 Å². The number of hydrogen-bond donors (Lipinski definition) is 1. The quantitative estimate of drug-likeness (QED) is 0.818. The zero-order chi connectivity index (χ0) is 9.97. The van der Waals surface area contributed by atoms with Crippen molar-refractivity contribution in [2.75, 3.05) is 0 Å². The number of nitrogens with zero attached hydrogens (tertiary/aromatic N) is 2. The van der Waals surface area contributed by atoms with E-state index in [1.54, 1.807) is 23.7 Å². The minimum Gasteiger partial charge on any atom is -0.322 e. The molecule has 2 aromatic rings. The van der Waals surface area contributed by atoms with Gasteiger partial charge < -0.3 is 5.73 Å². The molecule has 14 heavy (non-hydrogen) atoms. The fraction of sp³-hybridized carbons (Fsp3) is 0.200. The summed E-state index contributed by atoms with van der Waals surface area (Å²) in [7, 11) is 0. The van der Waals surface area contributed by atoms with Gasteiger partial charge in [-0.25, -0.2) is 4.98 Å². The van der Waals surface area contributed by atoms with E-state index in [2.05, 4.69) is 9.97 Å². The van der Waals surface area contributed by atoms with Gasteiger partial charge in [0.1, 0.15) is 5.01 Å². The Hall–Kier alpha value is -1.26. The van der Waals surface area contributed by atoms with Gasteiger partial charge in [-0.05, 0) is 19.1 Å². The van der Waals surface area contributed by atoms with Gasteiger partial charge in [-0.3, -0.25) is 4.98 Å². The molecular weight excluding hydrogens is 194 g/mol. The monoisotopic (exact) mass is 205 g/mol. The molecule has 0 spiro atoms. The molecule has 2 aromatic heterocycles. The number of hydrogen-bond acceptors (Lipinski definition) is 4. The maximum Gasteiger partial charge on any atom is 0.110 e. The Balaban J connectivity index is 2.34. The molecule has 0 aliphatic rings. The van der Waals surface area contributed by atoms with Gasteiger partial charge >= 0.3 is 0 Å². The van der Waals surface area contributed by atoms with Crippen LogP contribution in [0.1, 0.15) is 18.0 Å². The Morgan fingerprint density at radius 2 is 2.36 bits per heavy atom. The van der Waals surface area contributed by atoms with Crippen LogP contribution in [-0.4, -0.2) is 9.97 Å². The second-order valence-electron chi connectivity index (χ2n) is 3.10. The summed E-state index contributed by atoms with van der Waals surface area (Å²) in [4.78, 5) is 8.48. The Morgan fingerprint density at radius 3 is 2.93 bits per heavy atom. The highest BCUT2D eigenvalue weighted by Crippen LogP contribution is 2.23. The highest BCUT2D eigenvalue weighted by atomic mass is 32.1. The van der Waals surface area contributed by atoms with Crippen molar-refractivity contribution in [1.82, 2.24) is 9.97 Å². The molecule has 0 saturated carbocycles. The minimum atomic E-state index is 0.00502. The SMILES string of the molecule is CC(N)c1nc(-c2cccnc2)cs1. The van der Waals surface area contributed by atoms with E-state index >= 15 is 0 Å². The molecule has 3 nitrogen and oxygen atoms in total. The third kappa shape index (κ3) is 1.81. The van der Waals surface area contributed by atoms with Crippen LogP contribution in [0.5, 0.6) is 0 Å². The Morgan fingerprint density at radius 1 is 1.50 bits per heavy atom. The summed E-state index contributed by atoms with van der Waals surface area (Å²) in [6.45, 7) is 1.94. The van der Waals surface area contributed by atoms with E-state index in [1.165, 1.54) is 0 Å². The van der Waals surface area contributed by atoms with Gasteiger partial charge in [0.25, 0.3) is 0 Å². The average Bonchev–Trinajstić information content (AvgIpc) is 2.68. The first-order valence-corrected chi connectivity index (χ1v) is 5.27. The molecule has 0 saturated heterocycles. The Kier molecular flexibility index (Phi) is 2.56. The first-order chi connectivity index (χ1) is 6.77. The molecule has 0 radical (unpaired) electrons. The third-order valence-corrected chi connectivity index (χ3v) is 2.91. The predicted molar refractivity (Wildman–Crippen MR) is 57.9 cm³/mol. The third-order valence-electron chi connectivity index (χ3n) is 1.87. The van der Waals surface area contributed by atoms with Gasteiger partial charge in [0.05, 0.1) is 11.7 Å². The first kappa shape index (κ1) is 9.30. The largest absolute Gasteiger partial charge is 0.322 e. The second kappa shape index (κ2) is 3.86. The summed E-state index contributed by atoms with van der Waals surface area (Å²) in [5, 5.41) is 2.97. The summed E-state index contributed by atoms with van der Waals surface area (Å²) < 4.78 is 0. The molecule has 4 heteroatoms. The van der Waals surface area contributed by atoms with Crippen molar-refractivity contribution in [3.05, 3.63) is 34.9 Å². The van der Waals surface area contributed by atoms with Gasteiger partial charge in [-0.2, -0.15) is 0 Å². The Bertz CT molecular complexity index is 408. The van der Waals surface area contributed by atoms with E-state index in [0.29, 0.717) is 0 Å². The number of thiazole rings is 1. The van der Waals surface area contributed by atoms with Crippen molar-refractivity contribution in [3.63, 3.8) is 0 Å². The Labute approximate surface area is 86.6 Å². The van der Waals surface area contributed by atoms with Gasteiger partial charge in [-0.1, -0.05) is 0 Å². The normalized spacial score (nSPS) is 12.7. The van der Waals surface area contributed by atoms with Crippen LogP contribution in [0.4, 0.5) is 0 Å². The van der Waals surface area contributed by atoms with Crippen molar-refractivity contribution in [2.24, 2.45) is 5.73 Å². The first-order valence-electron chi connectivity index (χ1n) is 4.39. The molecule has 2 N–H and O–H groups in total. The maximum absolute atomic E-state index is 5.74. The van der Waals surface area contributed by atoms with Crippen LogP contribution in [0.3, 0.4) is 0 Å². The van der Waals surface area contributed by atoms with E-state index in [4.69, 9.17) is 5.73 Å². The van der Waals surface area contributed by atoms with Crippen LogP contribution in [0.25, 0.3) is 11.3 Å². The minimum absolute atomic E-state index is 0.00502. The highest BCUT2D eigenvalue weighted by molar-refractivity contribution is 7.10. The van der Waals surface area contributed by atoms with Crippen LogP contribution in [0.2, 0.25) is 0 Å². The number of nitrogens with two attached hydrogens (primary N) is 1. The summed E-state index contributed by atoms with van der Waals surface area (Å²) in [5.41, 5.74) is 7.73. The maximum atomic E-state index is 5.74. The van der Waals surface area contributed by atoms with E-state index in [0.717, 1.165) is 16.3 Å². The molecule has 0 aromatic carbocycles. The van der Waals surface area contributed by atoms with Crippen molar-refractivity contribution >= 4 is 11.3 Å². The van der Waals surface area contributed by atoms with Gasteiger partial charge in [0.2, 0.25) is 0 Å². The van der Waals surface area contributed by atoms with Crippen LogP contribution < -0.4 is 5.73 Å². The smallest absolute Gasteiger partial charge is 0.110 e. The molecule has 1 atom stereocenters. The van der Waals surface area contributed by atoms with Crippen molar-refractivity contribution in [2.45, 2.75) is 13.0 Å². The standard InChI is InChI=1S/C10H11N3S/c1-7(11)10-13-9(6-14-10)8-3-2-4-12-5-8/h2-7H,11H2,1H3. The molecule has 0 fully saturated rings. The second-order valence-corrected chi connectivity index (χ2v) is 3.99. The molecule has 72 valence electrons. The van der Waals surface area contributed by atoms with E-state index in [1.807, 2.05) is 24.4 Å². The summed E-state index contributed by atoms with van der Waals surface area (Å²) >= 11 is 1.59. The summed E-state index contributed by atoms with van der Waals surface area (Å²) in [6, 6.07) is 3.90. The molecule has 0 bridgehead atoms. The molecular formula is C10H11N3S. The number of rotatable bonds is 2. The van der Waals surface area contributed by atoms with Crippen molar-refractivity contribution in [3.8, 4) is 11.3 Å². The lowest BCUT2D eigenvalue weighted by atomic mass is 10.2. The zero-order valence-corrected chi connectivity index (χ0v) is 8.66. The van der Waals surface area contributed by atoms with Crippen LogP contribution in [0.15, 0.2) is 29.9 Å². The fourth-order valence-corrected chi connectivity index (χ4v) is 1.93.